The number of hydrogen-bond acceptors (Lipinski definition) is 5. The number of ether oxygens (including phenoxy) is 1. The monoisotopic (exact) mass is 413 g/mol. The molecule has 0 spiro atoms. The summed E-state index contributed by atoms with van der Waals surface area (Å²) in [7, 11) is -2.12. The Labute approximate surface area is 167 Å². The molecule has 1 aromatic heterocycles. The highest BCUT2D eigenvalue weighted by Gasteiger charge is 2.34. The van der Waals surface area contributed by atoms with Gasteiger partial charge in [0, 0.05) is 22.6 Å². The number of nitrogens with one attached hydrogen (secondary N) is 1. The Morgan fingerprint density at radius 3 is 2.39 bits per heavy atom. The molecule has 5 nitrogen and oxygen atoms in total. The largest absolute Gasteiger partial charge is 0.497 e. The predicted octanol–water partition coefficient (Wildman–Crippen LogP) is 4.37. The Kier molecular flexibility index (Phi) is 4.72. The van der Waals surface area contributed by atoms with Crippen LogP contribution in [0.3, 0.4) is 0 Å². The highest BCUT2D eigenvalue weighted by atomic mass is 32.2. The van der Waals surface area contributed by atoms with Gasteiger partial charge in [-0.05, 0) is 36.8 Å². The summed E-state index contributed by atoms with van der Waals surface area (Å²) in [5, 5.41) is 4.41. The number of hydrogen-bond donors (Lipinski definition) is 1. The van der Waals surface area contributed by atoms with E-state index in [4.69, 9.17) is 4.74 Å². The summed E-state index contributed by atoms with van der Waals surface area (Å²) in [4.78, 5) is 13.6. The van der Waals surface area contributed by atoms with Crippen LogP contribution in [0.15, 0.2) is 63.7 Å². The lowest BCUT2D eigenvalue weighted by Gasteiger charge is -2.24. The third-order valence-electron chi connectivity index (χ3n) is 4.90. The maximum atomic E-state index is 13.2. The number of aryl methyl sites for hydroxylation is 1. The van der Waals surface area contributed by atoms with Gasteiger partial charge in [-0.15, -0.1) is 11.3 Å². The van der Waals surface area contributed by atoms with Crippen molar-refractivity contribution in [3.63, 3.8) is 0 Å². The smallest absolute Gasteiger partial charge is 0.225 e. The van der Waals surface area contributed by atoms with Crippen LogP contribution < -0.4 is 10.1 Å². The van der Waals surface area contributed by atoms with E-state index in [2.05, 4.69) is 5.32 Å². The molecule has 1 amide bonds. The molecule has 1 atom stereocenters. The van der Waals surface area contributed by atoms with E-state index in [1.54, 1.807) is 36.8 Å². The normalized spacial score (nSPS) is 16.4. The molecule has 28 heavy (non-hydrogen) atoms. The average Bonchev–Trinajstić information content (AvgIpc) is 3.12. The standard InChI is InChI=1S/C21H19NO4S2/c1-13-3-9-16(10-4-13)28(24,25)18-12-27-21-17(11-19(23)22-20(18)21)14-5-7-15(26-2)8-6-14/h3-10,12,17H,11H2,1-2H3,(H,22,23). The number of rotatable bonds is 4. The van der Waals surface area contributed by atoms with Gasteiger partial charge < -0.3 is 10.1 Å². The molecule has 144 valence electrons. The third-order valence-corrected chi connectivity index (χ3v) is 7.93. The molecular formula is C21H19NO4S2. The van der Waals surface area contributed by atoms with Crippen molar-refractivity contribution in [3.8, 4) is 5.75 Å². The molecule has 2 aromatic carbocycles. The molecule has 0 aliphatic carbocycles. The van der Waals surface area contributed by atoms with Gasteiger partial charge in [-0.3, -0.25) is 4.79 Å². The van der Waals surface area contributed by atoms with Gasteiger partial charge in [0.15, 0.2) is 0 Å². The molecule has 1 N–H and O–H groups in total. The fourth-order valence-electron chi connectivity index (χ4n) is 3.35. The number of carbonyl (C=O) groups is 1. The van der Waals surface area contributed by atoms with Crippen LogP contribution in [-0.4, -0.2) is 21.4 Å². The molecule has 0 radical (unpaired) electrons. The first-order valence-corrected chi connectivity index (χ1v) is 11.1. The highest BCUT2D eigenvalue weighted by molar-refractivity contribution is 7.91. The zero-order valence-electron chi connectivity index (χ0n) is 15.4. The number of thiophene rings is 1. The molecular weight excluding hydrogens is 394 g/mol. The minimum absolute atomic E-state index is 0.155. The fraction of sp³-hybridized carbons (Fsp3) is 0.190. The Bertz CT molecular complexity index is 1130. The van der Waals surface area contributed by atoms with Crippen LogP contribution in [0.25, 0.3) is 0 Å². The summed E-state index contributed by atoms with van der Waals surface area (Å²) in [6.07, 6.45) is 0.282. The lowest BCUT2D eigenvalue weighted by molar-refractivity contribution is -0.116. The van der Waals surface area contributed by atoms with Crippen molar-refractivity contribution < 1.29 is 17.9 Å². The maximum absolute atomic E-state index is 13.2. The SMILES string of the molecule is COc1ccc(C2CC(=O)Nc3c(S(=O)(=O)c4ccc(C)cc4)csc32)cc1. The van der Waals surface area contributed by atoms with Crippen LogP contribution in [0.4, 0.5) is 5.69 Å². The van der Waals surface area contributed by atoms with E-state index in [1.807, 2.05) is 31.2 Å². The van der Waals surface area contributed by atoms with Crippen LogP contribution in [0, 0.1) is 6.92 Å². The number of benzene rings is 2. The number of sulfone groups is 1. The molecule has 2 heterocycles. The third kappa shape index (κ3) is 3.21. The van der Waals surface area contributed by atoms with Crippen LogP contribution in [0.5, 0.6) is 5.75 Å². The molecule has 1 aliphatic rings. The van der Waals surface area contributed by atoms with E-state index in [9.17, 15) is 13.2 Å². The second-order valence-electron chi connectivity index (χ2n) is 6.73. The van der Waals surface area contributed by atoms with E-state index < -0.39 is 9.84 Å². The quantitative estimate of drug-likeness (QED) is 0.689. The molecule has 1 aliphatic heterocycles. The Balaban J connectivity index is 1.79. The molecule has 4 rings (SSSR count). The molecule has 0 bridgehead atoms. The van der Waals surface area contributed by atoms with Crippen LogP contribution in [-0.2, 0) is 14.6 Å². The lowest BCUT2D eigenvalue weighted by atomic mass is 9.91. The van der Waals surface area contributed by atoms with E-state index in [-0.39, 0.29) is 28.0 Å². The number of anilines is 1. The maximum Gasteiger partial charge on any atom is 0.225 e. The minimum Gasteiger partial charge on any atom is -0.497 e. The fourth-order valence-corrected chi connectivity index (χ4v) is 6.26. The van der Waals surface area contributed by atoms with Crippen molar-refractivity contribution in [2.75, 3.05) is 12.4 Å². The topological polar surface area (TPSA) is 72.5 Å². The molecule has 3 aromatic rings. The predicted molar refractivity (Wildman–Crippen MR) is 109 cm³/mol. The van der Waals surface area contributed by atoms with Gasteiger partial charge in [0.1, 0.15) is 10.6 Å². The second kappa shape index (κ2) is 7.07. The number of methoxy groups -OCH3 is 1. The summed E-state index contributed by atoms with van der Waals surface area (Å²) in [6.45, 7) is 1.91. The Morgan fingerprint density at radius 1 is 1.07 bits per heavy atom. The van der Waals surface area contributed by atoms with Crippen molar-refractivity contribution in [3.05, 3.63) is 69.9 Å². The van der Waals surface area contributed by atoms with E-state index in [1.165, 1.54) is 11.3 Å². The lowest BCUT2D eigenvalue weighted by Crippen LogP contribution is -2.23. The summed E-state index contributed by atoms with van der Waals surface area (Å²) in [6, 6.07) is 14.3. The number of carbonyl (C=O) groups excluding carboxylic acids is 1. The van der Waals surface area contributed by atoms with Gasteiger partial charge in [-0.1, -0.05) is 29.8 Å². The number of fused-ring (bicyclic) bond motifs is 1. The minimum atomic E-state index is -3.72. The van der Waals surface area contributed by atoms with Crippen LogP contribution in [0.1, 0.15) is 28.3 Å². The number of amides is 1. The summed E-state index contributed by atoms with van der Waals surface area (Å²) >= 11 is 1.37. The van der Waals surface area contributed by atoms with Gasteiger partial charge in [-0.2, -0.15) is 0 Å². The van der Waals surface area contributed by atoms with E-state index in [0.29, 0.717) is 5.69 Å². The van der Waals surface area contributed by atoms with Crippen molar-refractivity contribution in [2.24, 2.45) is 0 Å². The molecule has 0 fully saturated rings. The van der Waals surface area contributed by atoms with Crippen molar-refractivity contribution in [1.82, 2.24) is 0 Å². The zero-order valence-corrected chi connectivity index (χ0v) is 17.1. The van der Waals surface area contributed by atoms with Crippen molar-refractivity contribution >= 4 is 32.8 Å². The van der Waals surface area contributed by atoms with Gasteiger partial charge >= 0.3 is 0 Å². The highest BCUT2D eigenvalue weighted by Crippen LogP contribution is 2.46. The van der Waals surface area contributed by atoms with Gasteiger partial charge in [-0.25, -0.2) is 8.42 Å². The molecule has 1 unspecified atom stereocenters. The molecule has 0 saturated carbocycles. The van der Waals surface area contributed by atoms with Crippen molar-refractivity contribution in [2.45, 2.75) is 29.1 Å². The van der Waals surface area contributed by atoms with E-state index in [0.717, 1.165) is 21.8 Å². The van der Waals surface area contributed by atoms with Gasteiger partial charge in [0.25, 0.3) is 0 Å². The molecule has 7 heteroatoms. The van der Waals surface area contributed by atoms with Gasteiger partial charge in [0.05, 0.1) is 17.7 Å². The molecule has 0 saturated heterocycles. The summed E-state index contributed by atoms with van der Waals surface area (Å²) in [5.74, 6) is 0.367. The first-order chi connectivity index (χ1) is 13.4. The first-order valence-electron chi connectivity index (χ1n) is 8.77. The van der Waals surface area contributed by atoms with Crippen LogP contribution >= 0.6 is 11.3 Å². The zero-order chi connectivity index (χ0) is 19.9. The van der Waals surface area contributed by atoms with Crippen molar-refractivity contribution in [1.29, 1.82) is 0 Å². The second-order valence-corrected chi connectivity index (χ2v) is 9.56. The first kappa shape index (κ1) is 18.7. The summed E-state index contributed by atoms with van der Waals surface area (Å²) in [5.41, 5.74) is 2.35. The Hall–Kier alpha value is -2.64. The van der Waals surface area contributed by atoms with Crippen LogP contribution in [0.2, 0.25) is 0 Å². The summed E-state index contributed by atoms with van der Waals surface area (Å²) < 4.78 is 31.5. The van der Waals surface area contributed by atoms with E-state index >= 15 is 0 Å². The average molecular weight is 414 g/mol. The van der Waals surface area contributed by atoms with Gasteiger partial charge in [0.2, 0.25) is 15.7 Å². The Morgan fingerprint density at radius 2 is 1.75 bits per heavy atom.